The molecule has 4 nitrogen and oxygen atoms in total. The van der Waals surface area contributed by atoms with E-state index in [0.29, 0.717) is 5.75 Å². The number of hydrogen-bond donors (Lipinski definition) is 1. The number of thiophene rings is 1. The molecule has 1 N–H and O–H groups in total. The zero-order chi connectivity index (χ0) is 18.4. The molecular formula is C20H27NO3S. The third-order valence-electron chi connectivity index (χ3n) is 3.98. The van der Waals surface area contributed by atoms with Gasteiger partial charge in [0.05, 0.1) is 0 Å². The Hall–Kier alpha value is -1.69. The fourth-order valence-electron chi connectivity index (χ4n) is 2.99. The first-order chi connectivity index (χ1) is 11.9. The van der Waals surface area contributed by atoms with E-state index in [1.807, 2.05) is 25.2 Å². The van der Waals surface area contributed by atoms with Gasteiger partial charge in [0.25, 0.3) is 0 Å². The number of hydrogen-bond acceptors (Lipinski definition) is 5. The van der Waals surface area contributed by atoms with Gasteiger partial charge >= 0.3 is 5.97 Å². The van der Waals surface area contributed by atoms with E-state index in [1.165, 1.54) is 22.2 Å². The summed E-state index contributed by atoms with van der Waals surface area (Å²) in [6, 6.07) is 8.48. The number of aryl methyl sites for hydroxylation is 3. The van der Waals surface area contributed by atoms with Crippen molar-refractivity contribution in [1.82, 2.24) is 4.90 Å². The lowest BCUT2D eigenvalue weighted by Crippen LogP contribution is -2.24. The van der Waals surface area contributed by atoms with Crippen LogP contribution in [0.5, 0.6) is 5.75 Å². The molecule has 0 atom stereocenters. The van der Waals surface area contributed by atoms with Gasteiger partial charge in [-0.25, -0.2) is 0 Å². The van der Waals surface area contributed by atoms with E-state index in [0.717, 1.165) is 37.2 Å². The van der Waals surface area contributed by atoms with Crippen molar-refractivity contribution in [3.63, 3.8) is 0 Å². The van der Waals surface area contributed by atoms with Gasteiger partial charge in [-0.15, -0.1) is 11.3 Å². The molecule has 136 valence electrons. The first kappa shape index (κ1) is 19.6. The summed E-state index contributed by atoms with van der Waals surface area (Å²) in [5.74, 6) is 0.364. The smallest absolute Gasteiger partial charge is 0.308 e. The van der Waals surface area contributed by atoms with Crippen LogP contribution in [0, 0.1) is 20.8 Å². The number of benzene rings is 1. The second-order valence-electron chi connectivity index (χ2n) is 6.45. The molecule has 0 fully saturated rings. The predicted molar refractivity (Wildman–Crippen MR) is 102 cm³/mol. The minimum Gasteiger partial charge on any atom is -0.426 e. The van der Waals surface area contributed by atoms with Gasteiger partial charge in [-0.3, -0.25) is 9.69 Å². The van der Waals surface area contributed by atoms with Gasteiger partial charge in [0.2, 0.25) is 0 Å². The fraction of sp³-hybridized carbons (Fsp3) is 0.450. The summed E-state index contributed by atoms with van der Waals surface area (Å²) < 4.78 is 5.32. The van der Waals surface area contributed by atoms with E-state index in [9.17, 15) is 9.90 Å². The molecule has 25 heavy (non-hydrogen) atoms. The van der Waals surface area contributed by atoms with Crippen molar-refractivity contribution < 1.29 is 14.6 Å². The van der Waals surface area contributed by atoms with E-state index < -0.39 is 0 Å². The quantitative estimate of drug-likeness (QED) is 0.571. The Labute approximate surface area is 154 Å². The molecule has 2 rings (SSSR count). The molecule has 5 heteroatoms. The van der Waals surface area contributed by atoms with Crippen molar-refractivity contribution in [2.45, 2.75) is 47.2 Å². The van der Waals surface area contributed by atoms with Gasteiger partial charge in [-0.2, -0.15) is 0 Å². The van der Waals surface area contributed by atoms with Crippen LogP contribution < -0.4 is 4.74 Å². The molecule has 1 aromatic heterocycles. The van der Waals surface area contributed by atoms with E-state index in [4.69, 9.17) is 4.74 Å². The van der Waals surface area contributed by atoms with Crippen LogP contribution in [-0.4, -0.2) is 29.1 Å². The molecule has 2 aromatic rings. The van der Waals surface area contributed by atoms with E-state index in [-0.39, 0.29) is 12.6 Å². The highest BCUT2D eigenvalue weighted by Crippen LogP contribution is 2.26. The zero-order valence-corrected chi connectivity index (χ0v) is 16.3. The minimum absolute atomic E-state index is 0.198. The Morgan fingerprint density at radius 3 is 2.36 bits per heavy atom. The molecule has 0 spiro atoms. The SMILES string of the molecule is CC(=O)Oc1c(C)cc(CN(CCCO)Cc2ccc(C)s2)cc1C. The summed E-state index contributed by atoms with van der Waals surface area (Å²) in [6.45, 7) is 10.2. The number of ether oxygens (including phenoxy) is 1. The topological polar surface area (TPSA) is 49.8 Å². The molecule has 0 radical (unpaired) electrons. The molecule has 0 aliphatic carbocycles. The number of aliphatic hydroxyl groups is 1. The van der Waals surface area contributed by atoms with Crippen molar-refractivity contribution in [2.24, 2.45) is 0 Å². The van der Waals surface area contributed by atoms with Crippen molar-refractivity contribution in [3.05, 3.63) is 50.7 Å². The van der Waals surface area contributed by atoms with Gasteiger partial charge in [-0.1, -0.05) is 12.1 Å². The molecule has 1 aromatic carbocycles. The van der Waals surface area contributed by atoms with Gasteiger partial charge in [0.1, 0.15) is 5.75 Å². The first-order valence-electron chi connectivity index (χ1n) is 8.56. The summed E-state index contributed by atoms with van der Waals surface area (Å²) in [4.78, 5) is 16.2. The highest BCUT2D eigenvalue weighted by atomic mass is 32.1. The minimum atomic E-state index is -0.295. The fourth-order valence-corrected chi connectivity index (χ4v) is 3.93. The number of nitrogens with zero attached hydrogens (tertiary/aromatic N) is 1. The predicted octanol–water partition coefficient (Wildman–Crippen LogP) is 3.98. The zero-order valence-electron chi connectivity index (χ0n) is 15.5. The van der Waals surface area contributed by atoms with E-state index in [1.54, 1.807) is 0 Å². The maximum absolute atomic E-state index is 11.3. The molecular weight excluding hydrogens is 334 g/mol. The van der Waals surface area contributed by atoms with Gasteiger partial charge in [0.15, 0.2) is 0 Å². The standard InChI is InChI=1S/C20H27NO3S/c1-14-10-18(11-15(2)20(14)24-17(4)23)12-21(8-5-9-22)13-19-7-6-16(3)25-19/h6-7,10-11,22H,5,8-9,12-13H2,1-4H3. The Kier molecular flexibility index (Phi) is 7.17. The highest BCUT2D eigenvalue weighted by molar-refractivity contribution is 7.11. The molecule has 0 saturated carbocycles. The summed E-state index contributed by atoms with van der Waals surface area (Å²) in [6.07, 6.45) is 0.758. The number of aliphatic hydroxyl groups excluding tert-OH is 1. The lowest BCUT2D eigenvalue weighted by Gasteiger charge is -2.22. The maximum atomic E-state index is 11.3. The molecule has 1 heterocycles. The second kappa shape index (κ2) is 9.13. The Bertz CT molecular complexity index is 700. The largest absolute Gasteiger partial charge is 0.426 e. The van der Waals surface area contributed by atoms with Crippen molar-refractivity contribution in [1.29, 1.82) is 0 Å². The monoisotopic (exact) mass is 361 g/mol. The number of rotatable bonds is 8. The van der Waals surface area contributed by atoms with Gasteiger partial charge < -0.3 is 9.84 Å². The second-order valence-corrected chi connectivity index (χ2v) is 7.83. The van der Waals surface area contributed by atoms with Crippen LogP contribution >= 0.6 is 11.3 Å². The van der Waals surface area contributed by atoms with Crippen LogP contribution in [0.2, 0.25) is 0 Å². The number of esters is 1. The Balaban J connectivity index is 2.15. The maximum Gasteiger partial charge on any atom is 0.308 e. The van der Waals surface area contributed by atoms with Gasteiger partial charge in [0, 0.05) is 42.9 Å². The molecule has 0 aliphatic rings. The lowest BCUT2D eigenvalue weighted by molar-refractivity contribution is -0.131. The molecule has 0 amide bonds. The average molecular weight is 362 g/mol. The molecule has 0 unspecified atom stereocenters. The average Bonchev–Trinajstić information content (AvgIpc) is 2.93. The summed E-state index contributed by atoms with van der Waals surface area (Å²) in [7, 11) is 0. The lowest BCUT2D eigenvalue weighted by atomic mass is 10.0. The van der Waals surface area contributed by atoms with E-state index >= 15 is 0 Å². The summed E-state index contributed by atoms with van der Waals surface area (Å²) in [5, 5.41) is 9.19. The summed E-state index contributed by atoms with van der Waals surface area (Å²) >= 11 is 1.81. The third-order valence-corrected chi connectivity index (χ3v) is 4.97. The molecule has 0 bridgehead atoms. The van der Waals surface area contributed by atoms with Crippen LogP contribution in [0.3, 0.4) is 0 Å². The number of carbonyl (C=O) groups is 1. The normalized spacial score (nSPS) is 11.1. The number of carbonyl (C=O) groups excluding carboxylic acids is 1. The highest BCUT2D eigenvalue weighted by Gasteiger charge is 2.12. The van der Waals surface area contributed by atoms with Crippen LogP contribution in [-0.2, 0) is 17.9 Å². The van der Waals surface area contributed by atoms with E-state index in [2.05, 4.69) is 36.1 Å². The summed E-state index contributed by atoms with van der Waals surface area (Å²) in [5.41, 5.74) is 3.13. The van der Waals surface area contributed by atoms with Crippen molar-refractivity contribution >= 4 is 17.3 Å². The van der Waals surface area contributed by atoms with Crippen molar-refractivity contribution in [2.75, 3.05) is 13.2 Å². The Morgan fingerprint density at radius 1 is 1.16 bits per heavy atom. The third kappa shape index (κ3) is 5.96. The van der Waals surface area contributed by atoms with Crippen LogP contribution in [0.25, 0.3) is 0 Å². The van der Waals surface area contributed by atoms with Gasteiger partial charge in [-0.05, 0) is 56.0 Å². The van der Waals surface area contributed by atoms with Crippen LogP contribution in [0.1, 0.15) is 39.8 Å². The molecule has 0 aliphatic heterocycles. The molecule has 0 saturated heterocycles. The van der Waals surface area contributed by atoms with Crippen molar-refractivity contribution in [3.8, 4) is 5.75 Å². The van der Waals surface area contributed by atoms with Crippen LogP contribution in [0.15, 0.2) is 24.3 Å². The van der Waals surface area contributed by atoms with Crippen LogP contribution in [0.4, 0.5) is 0 Å². The Morgan fingerprint density at radius 2 is 1.84 bits per heavy atom. The first-order valence-corrected chi connectivity index (χ1v) is 9.37.